The van der Waals surface area contributed by atoms with E-state index in [0.717, 1.165) is 17.9 Å². The van der Waals surface area contributed by atoms with Gasteiger partial charge in [0.1, 0.15) is 5.82 Å². The number of hydrogen-bond acceptors (Lipinski definition) is 4. The van der Waals surface area contributed by atoms with Gasteiger partial charge in [-0.15, -0.1) is 0 Å². The first-order chi connectivity index (χ1) is 10.1. The van der Waals surface area contributed by atoms with Crippen molar-refractivity contribution in [2.24, 2.45) is 0 Å². The second kappa shape index (κ2) is 6.83. The van der Waals surface area contributed by atoms with E-state index in [1.54, 1.807) is 30.3 Å². The summed E-state index contributed by atoms with van der Waals surface area (Å²) < 4.78 is 0. The predicted octanol–water partition coefficient (Wildman–Crippen LogP) is 2.49. The summed E-state index contributed by atoms with van der Waals surface area (Å²) in [6, 6.07) is 9.31. The van der Waals surface area contributed by atoms with Crippen molar-refractivity contribution >= 4 is 11.7 Å². The molecule has 0 atom stereocenters. The summed E-state index contributed by atoms with van der Waals surface area (Å²) in [5, 5.41) is 3.10. The topological polar surface area (TPSA) is 58.1 Å². The van der Waals surface area contributed by atoms with Crippen LogP contribution >= 0.6 is 0 Å². The molecule has 0 aliphatic heterocycles. The van der Waals surface area contributed by atoms with Crippen LogP contribution < -0.4 is 5.32 Å². The average Bonchev–Trinajstić information content (AvgIpc) is 2.47. The fraction of sp³-hybridized carbons (Fsp3) is 0.312. The van der Waals surface area contributed by atoms with Crippen LogP contribution in [0.25, 0.3) is 0 Å². The molecule has 0 bridgehead atoms. The van der Waals surface area contributed by atoms with Crippen LogP contribution in [-0.2, 0) is 6.54 Å². The van der Waals surface area contributed by atoms with Crippen molar-refractivity contribution < 1.29 is 4.79 Å². The monoisotopic (exact) mass is 284 g/mol. The number of aromatic nitrogens is 2. The molecule has 0 aliphatic carbocycles. The minimum absolute atomic E-state index is 0.0418. The molecule has 5 heteroatoms. The van der Waals surface area contributed by atoms with E-state index in [1.807, 2.05) is 32.0 Å². The largest absolute Gasteiger partial charge is 0.370 e. The molecule has 0 fully saturated rings. The van der Waals surface area contributed by atoms with Crippen LogP contribution in [0.3, 0.4) is 0 Å². The molecule has 2 heterocycles. The summed E-state index contributed by atoms with van der Waals surface area (Å²) in [7, 11) is 1.78. The normalized spacial score (nSPS) is 10.2. The molecule has 2 aromatic heterocycles. The molecule has 2 aromatic rings. The van der Waals surface area contributed by atoms with Gasteiger partial charge in [0.15, 0.2) is 0 Å². The molecule has 0 spiro atoms. The Kier molecular flexibility index (Phi) is 4.87. The summed E-state index contributed by atoms with van der Waals surface area (Å²) >= 11 is 0. The van der Waals surface area contributed by atoms with E-state index in [4.69, 9.17) is 0 Å². The van der Waals surface area contributed by atoms with Crippen molar-refractivity contribution in [2.75, 3.05) is 18.9 Å². The van der Waals surface area contributed by atoms with Gasteiger partial charge < -0.3 is 10.2 Å². The quantitative estimate of drug-likeness (QED) is 0.916. The lowest BCUT2D eigenvalue weighted by Gasteiger charge is -2.17. The number of amides is 1. The zero-order chi connectivity index (χ0) is 15.2. The van der Waals surface area contributed by atoms with Gasteiger partial charge in [-0.05, 0) is 38.1 Å². The SMILES string of the molecule is CCNc1cc(C(=O)N(C)Cc2cccc(C)n2)ccn1. The maximum atomic E-state index is 12.4. The smallest absolute Gasteiger partial charge is 0.254 e. The summed E-state index contributed by atoms with van der Waals surface area (Å²) in [5.74, 6) is 0.672. The molecule has 0 aromatic carbocycles. The lowest BCUT2D eigenvalue weighted by atomic mass is 10.2. The van der Waals surface area contributed by atoms with Crippen LogP contribution in [0.4, 0.5) is 5.82 Å². The average molecular weight is 284 g/mol. The molecule has 0 aliphatic rings. The summed E-state index contributed by atoms with van der Waals surface area (Å²) in [4.78, 5) is 22.7. The molecular formula is C16H20N4O. The Morgan fingerprint density at radius 1 is 1.33 bits per heavy atom. The molecule has 0 radical (unpaired) electrons. The number of aryl methyl sites for hydroxylation is 1. The van der Waals surface area contributed by atoms with Crippen LogP contribution in [0.15, 0.2) is 36.5 Å². The van der Waals surface area contributed by atoms with E-state index < -0.39 is 0 Å². The van der Waals surface area contributed by atoms with E-state index in [-0.39, 0.29) is 5.91 Å². The molecule has 0 unspecified atom stereocenters. The van der Waals surface area contributed by atoms with Crippen molar-refractivity contribution in [1.82, 2.24) is 14.9 Å². The number of carbonyl (C=O) groups is 1. The summed E-state index contributed by atoms with van der Waals surface area (Å²) in [6.07, 6.45) is 1.64. The van der Waals surface area contributed by atoms with E-state index in [0.29, 0.717) is 17.9 Å². The fourth-order valence-electron chi connectivity index (χ4n) is 2.06. The highest BCUT2D eigenvalue weighted by atomic mass is 16.2. The lowest BCUT2D eigenvalue weighted by Crippen LogP contribution is -2.26. The van der Waals surface area contributed by atoms with Gasteiger partial charge in [-0.1, -0.05) is 6.07 Å². The number of nitrogens with one attached hydrogen (secondary N) is 1. The van der Waals surface area contributed by atoms with Gasteiger partial charge >= 0.3 is 0 Å². The number of carbonyl (C=O) groups excluding carboxylic acids is 1. The van der Waals surface area contributed by atoms with Crippen LogP contribution in [0.5, 0.6) is 0 Å². The fourth-order valence-corrected chi connectivity index (χ4v) is 2.06. The van der Waals surface area contributed by atoms with E-state index in [2.05, 4.69) is 15.3 Å². The summed E-state index contributed by atoms with van der Waals surface area (Å²) in [5.41, 5.74) is 2.45. The number of rotatable bonds is 5. The lowest BCUT2D eigenvalue weighted by molar-refractivity contribution is 0.0783. The Labute approximate surface area is 125 Å². The number of pyridine rings is 2. The second-order valence-electron chi connectivity index (χ2n) is 4.89. The predicted molar refractivity (Wildman–Crippen MR) is 83.2 cm³/mol. The van der Waals surface area contributed by atoms with Gasteiger partial charge in [0.05, 0.1) is 12.2 Å². The minimum atomic E-state index is -0.0418. The van der Waals surface area contributed by atoms with Crippen LogP contribution in [0.1, 0.15) is 28.7 Å². The molecule has 1 N–H and O–H groups in total. The van der Waals surface area contributed by atoms with Gasteiger partial charge in [-0.25, -0.2) is 4.98 Å². The van der Waals surface area contributed by atoms with E-state index in [9.17, 15) is 4.79 Å². The summed E-state index contributed by atoms with van der Waals surface area (Å²) in [6.45, 7) is 5.19. The Morgan fingerprint density at radius 3 is 2.86 bits per heavy atom. The van der Waals surface area contributed by atoms with Gasteiger partial charge in [0.25, 0.3) is 5.91 Å². The van der Waals surface area contributed by atoms with Crippen LogP contribution in [0.2, 0.25) is 0 Å². The van der Waals surface area contributed by atoms with Crippen LogP contribution in [-0.4, -0.2) is 34.4 Å². The zero-order valence-corrected chi connectivity index (χ0v) is 12.6. The van der Waals surface area contributed by atoms with E-state index in [1.165, 1.54) is 0 Å². The molecule has 0 saturated heterocycles. The van der Waals surface area contributed by atoms with Gasteiger partial charge in [-0.3, -0.25) is 9.78 Å². The van der Waals surface area contributed by atoms with Crippen molar-refractivity contribution in [3.63, 3.8) is 0 Å². The molecule has 21 heavy (non-hydrogen) atoms. The van der Waals surface area contributed by atoms with Crippen molar-refractivity contribution in [3.8, 4) is 0 Å². The van der Waals surface area contributed by atoms with Crippen molar-refractivity contribution in [2.45, 2.75) is 20.4 Å². The zero-order valence-electron chi connectivity index (χ0n) is 12.6. The minimum Gasteiger partial charge on any atom is -0.370 e. The third-order valence-corrected chi connectivity index (χ3v) is 3.06. The third-order valence-electron chi connectivity index (χ3n) is 3.06. The first-order valence-corrected chi connectivity index (χ1v) is 6.98. The molecule has 110 valence electrons. The van der Waals surface area contributed by atoms with Crippen molar-refractivity contribution in [1.29, 1.82) is 0 Å². The maximum absolute atomic E-state index is 12.4. The Balaban J connectivity index is 2.10. The molecular weight excluding hydrogens is 264 g/mol. The number of anilines is 1. The molecule has 1 amide bonds. The van der Waals surface area contributed by atoms with Gasteiger partial charge in [0.2, 0.25) is 0 Å². The number of hydrogen-bond donors (Lipinski definition) is 1. The Morgan fingerprint density at radius 2 is 2.14 bits per heavy atom. The third kappa shape index (κ3) is 4.02. The highest BCUT2D eigenvalue weighted by Gasteiger charge is 2.13. The molecule has 5 nitrogen and oxygen atoms in total. The molecule has 2 rings (SSSR count). The first kappa shape index (κ1) is 15.0. The first-order valence-electron chi connectivity index (χ1n) is 6.98. The highest BCUT2D eigenvalue weighted by Crippen LogP contribution is 2.11. The standard InChI is InChI=1S/C16H20N4O/c1-4-17-15-10-13(8-9-18-15)16(21)20(3)11-14-7-5-6-12(2)19-14/h5-10H,4,11H2,1-3H3,(H,17,18). The van der Waals surface area contributed by atoms with E-state index >= 15 is 0 Å². The van der Waals surface area contributed by atoms with Crippen LogP contribution in [0, 0.1) is 6.92 Å². The maximum Gasteiger partial charge on any atom is 0.254 e. The highest BCUT2D eigenvalue weighted by molar-refractivity contribution is 5.94. The van der Waals surface area contributed by atoms with Gasteiger partial charge in [-0.2, -0.15) is 0 Å². The Bertz CT molecular complexity index is 627. The Hall–Kier alpha value is -2.43. The van der Waals surface area contributed by atoms with Gasteiger partial charge in [0, 0.05) is 31.0 Å². The molecule has 0 saturated carbocycles. The van der Waals surface area contributed by atoms with Crippen molar-refractivity contribution in [3.05, 3.63) is 53.5 Å². The second-order valence-corrected chi connectivity index (χ2v) is 4.89. The number of nitrogens with zero attached hydrogens (tertiary/aromatic N) is 3.